The third-order valence-corrected chi connectivity index (χ3v) is 4.90. The van der Waals surface area contributed by atoms with Crippen molar-refractivity contribution in [1.82, 2.24) is 0 Å². The van der Waals surface area contributed by atoms with Crippen LogP contribution < -0.4 is 0 Å². The summed E-state index contributed by atoms with van der Waals surface area (Å²) in [6.07, 6.45) is 6.86. The Labute approximate surface area is 126 Å². The van der Waals surface area contributed by atoms with Gasteiger partial charge in [-0.2, -0.15) is 0 Å². The highest BCUT2D eigenvalue weighted by atomic mass is 19.1. The van der Waals surface area contributed by atoms with E-state index in [1.165, 1.54) is 38.3 Å². The molecule has 1 aromatic rings. The standard InChI is InChI=1S/C18H26F2O/c1-3-4-5-13-6-8-14(9-7-13)18(21)15-11-16(19)12(2)10-17(15)20/h10-11,13-14,18,21H,3-9H2,1-2H3. The van der Waals surface area contributed by atoms with Gasteiger partial charge in [-0.1, -0.05) is 39.0 Å². The molecule has 0 spiro atoms. The minimum atomic E-state index is -0.882. The maximum atomic E-state index is 14.0. The first-order valence-corrected chi connectivity index (χ1v) is 8.16. The SMILES string of the molecule is CCCCC1CCC(C(O)c2cc(F)c(C)cc2F)CC1. The molecule has 0 aromatic heterocycles. The molecule has 1 fully saturated rings. The van der Waals surface area contributed by atoms with Gasteiger partial charge in [0.1, 0.15) is 11.6 Å². The van der Waals surface area contributed by atoms with E-state index in [2.05, 4.69) is 6.92 Å². The predicted molar refractivity (Wildman–Crippen MR) is 81.0 cm³/mol. The van der Waals surface area contributed by atoms with Crippen molar-refractivity contribution >= 4 is 0 Å². The summed E-state index contributed by atoms with van der Waals surface area (Å²) in [5.41, 5.74) is 0.404. The molecule has 0 saturated heterocycles. The quantitative estimate of drug-likeness (QED) is 0.781. The van der Waals surface area contributed by atoms with E-state index in [1.54, 1.807) is 0 Å². The molecule has 1 nitrogen and oxygen atoms in total. The second-order valence-corrected chi connectivity index (χ2v) is 6.49. The lowest BCUT2D eigenvalue weighted by molar-refractivity contribution is 0.0689. The van der Waals surface area contributed by atoms with Crippen LogP contribution in [0.5, 0.6) is 0 Å². The maximum absolute atomic E-state index is 14.0. The van der Waals surface area contributed by atoms with Crippen LogP contribution in [-0.2, 0) is 0 Å². The number of hydrogen-bond donors (Lipinski definition) is 1. The third-order valence-electron chi connectivity index (χ3n) is 4.90. The number of aryl methyl sites for hydroxylation is 1. The molecule has 1 aliphatic carbocycles. The first kappa shape index (κ1) is 16.4. The summed E-state index contributed by atoms with van der Waals surface area (Å²) in [5.74, 6) is -0.135. The Balaban J connectivity index is 1.99. The molecule has 2 rings (SSSR count). The van der Waals surface area contributed by atoms with Gasteiger partial charge in [-0.15, -0.1) is 0 Å². The second-order valence-electron chi connectivity index (χ2n) is 6.49. The van der Waals surface area contributed by atoms with E-state index in [0.717, 1.165) is 31.6 Å². The molecule has 1 N–H and O–H groups in total. The Morgan fingerprint density at radius 3 is 2.43 bits per heavy atom. The van der Waals surface area contributed by atoms with Crippen LogP contribution >= 0.6 is 0 Å². The molecule has 118 valence electrons. The first-order chi connectivity index (χ1) is 10.0. The minimum Gasteiger partial charge on any atom is -0.388 e. The molecule has 0 radical (unpaired) electrons. The molecular weight excluding hydrogens is 270 g/mol. The van der Waals surface area contributed by atoms with E-state index >= 15 is 0 Å². The fourth-order valence-electron chi connectivity index (χ4n) is 3.43. The predicted octanol–water partition coefficient (Wildman–Crippen LogP) is 5.30. The zero-order valence-corrected chi connectivity index (χ0v) is 13.0. The Kier molecular flexibility index (Phi) is 5.74. The highest BCUT2D eigenvalue weighted by Gasteiger charge is 2.29. The lowest BCUT2D eigenvalue weighted by Crippen LogP contribution is -2.21. The molecule has 0 bridgehead atoms. The maximum Gasteiger partial charge on any atom is 0.129 e. The summed E-state index contributed by atoms with van der Waals surface area (Å²) < 4.78 is 27.6. The lowest BCUT2D eigenvalue weighted by atomic mass is 9.76. The van der Waals surface area contributed by atoms with Gasteiger partial charge in [0.25, 0.3) is 0 Å². The Morgan fingerprint density at radius 2 is 1.81 bits per heavy atom. The fraction of sp³-hybridized carbons (Fsp3) is 0.667. The van der Waals surface area contributed by atoms with Gasteiger partial charge in [-0.25, -0.2) is 8.78 Å². The Morgan fingerprint density at radius 1 is 1.14 bits per heavy atom. The van der Waals surface area contributed by atoms with Crippen LogP contribution in [0.3, 0.4) is 0 Å². The highest BCUT2D eigenvalue weighted by Crippen LogP contribution is 2.39. The van der Waals surface area contributed by atoms with Gasteiger partial charge < -0.3 is 5.11 Å². The summed E-state index contributed by atoms with van der Waals surface area (Å²) >= 11 is 0. The zero-order chi connectivity index (χ0) is 15.4. The Hall–Kier alpha value is -0.960. The highest BCUT2D eigenvalue weighted by molar-refractivity contribution is 5.27. The van der Waals surface area contributed by atoms with Crippen molar-refractivity contribution < 1.29 is 13.9 Å². The van der Waals surface area contributed by atoms with Gasteiger partial charge in [0.15, 0.2) is 0 Å². The van der Waals surface area contributed by atoms with Crippen molar-refractivity contribution in [2.24, 2.45) is 11.8 Å². The molecule has 0 amide bonds. The summed E-state index contributed by atoms with van der Waals surface area (Å²) in [6, 6.07) is 2.35. The molecule has 0 aliphatic heterocycles. The van der Waals surface area contributed by atoms with Gasteiger partial charge in [-0.3, -0.25) is 0 Å². The normalized spacial score (nSPS) is 24.0. The largest absolute Gasteiger partial charge is 0.388 e. The second kappa shape index (κ2) is 7.35. The van der Waals surface area contributed by atoms with Crippen LogP contribution in [0.2, 0.25) is 0 Å². The van der Waals surface area contributed by atoms with Crippen LogP contribution in [0.15, 0.2) is 12.1 Å². The molecule has 1 aliphatic rings. The van der Waals surface area contributed by atoms with Crippen molar-refractivity contribution in [2.75, 3.05) is 0 Å². The molecule has 3 heteroatoms. The molecule has 1 atom stereocenters. The minimum absolute atomic E-state index is 0.0551. The third kappa shape index (κ3) is 4.03. The number of aliphatic hydroxyl groups is 1. The van der Waals surface area contributed by atoms with Crippen molar-refractivity contribution in [3.8, 4) is 0 Å². The van der Waals surface area contributed by atoms with Crippen molar-refractivity contribution in [1.29, 1.82) is 0 Å². The van der Waals surface area contributed by atoms with E-state index in [4.69, 9.17) is 0 Å². The Bertz CT molecular complexity index is 465. The zero-order valence-electron chi connectivity index (χ0n) is 13.0. The number of benzene rings is 1. The average molecular weight is 296 g/mol. The van der Waals surface area contributed by atoms with Crippen LogP contribution in [-0.4, -0.2) is 5.11 Å². The van der Waals surface area contributed by atoms with Crippen LogP contribution in [0.4, 0.5) is 8.78 Å². The van der Waals surface area contributed by atoms with Crippen molar-refractivity contribution in [3.05, 3.63) is 34.9 Å². The van der Waals surface area contributed by atoms with E-state index in [0.29, 0.717) is 0 Å². The molecule has 21 heavy (non-hydrogen) atoms. The van der Waals surface area contributed by atoms with Gasteiger partial charge in [-0.05, 0) is 49.3 Å². The molecule has 1 unspecified atom stereocenters. The van der Waals surface area contributed by atoms with E-state index < -0.39 is 17.7 Å². The van der Waals surface area contributed by atoms with Gasteiger partial charge >= 0.3 is 0 Å². The van der Waals surface area contributed by atoms with Crippen LogP contribution in [0, 0.1) is 30.4 Å². The van der Waals surface area contributed by atoms with E-state index in [9.17, 15) is 13.9 Å². The molecular formula is C18H26F2O. The van der Waals surface area contributed by atoms with Crippen LogP contribution in [0.1, 0.15) is 69.1 Å². The number of unbranched alkanes of at least 4 members (excludes halogenated alkanes) is 1. The number of hydrogen-bond acceptors (Lipinski definition) is 1. The van der Waals surface area contributed by atoms with Crippen molar-refractivity contribution in [3.63, 3.8) is 0 Å². The summed E-state index contributed by atoms with van der Waals surface area (Å²) in [4.78, 5) is 0. The summed E-state index contributed by atoms with van der Waals surface area (Å²) in [6.45, 7) is 3.73. The lowest BCUT2D eigenvalue weighted by Gasteiger charge is -2.32. The monoisotopic (exact) mass is 296 g/mol. The van der Waals surface area contributed by atoms with E-state index in [-0.39, 0.29) is 17.0 Å². The summed E-state index contributed by atoms with van der Waals surface area (Å²) in [5, 5.41) is 10.4. The number of aliphatic hydroxyl groups excluding tert-OH is 1. The first-order valence-electron chi connectivity index (χ1n) is 8.16. The van der Waals surface area contributed by atoms with Gasteiger partial charge in [0.2, 0.25) is 0 Å². The van der Waals surface area contributed by atoms with Gasteiger partial charge in [0, 0.05) is 5.56 Å². The molecule has 1 aromatic carbocycles. The number of rotatable bonds is 5. The van der Waals surface area contributed by atoms with Crippen molar-refractivity contribution in [2.45, 2.75) is 64.9 Å². The molecule has 0 heterocycles. The fourth-order valence-corrected chi connectivity index (χ4v) is 3.43. The summed E-state index contributed by atoms with van der Waals surface area (Å²) in [7, 11) is 0. The van der Waals surface area contributed by atoms with E-state index in [1.807, 2.05) is 0 Å². The smallest absolute Gasteiger partial charge is 0.129 e. The van der Waals surface area contributed by atoms with Gasteiger partial charge in [0.05, 0.1) is 6.10 Å². The average Bonchev–Trinajstić information content (AvgIpc) is 2.48. The molecule has 1 saturated carbocycles. The van der Waals surface area contributed by atoms with Crippen LogP contribution in [0.25, 0.3) is 0 Å². The topological polar surface area (TPSA) is 20.2 Å². The number of halogens is 2.